The van der Waals surface area contributed by atoms with E-state index >= 15 is 0 Å². The highest BCUT2D eigenvalue weighted by Crippen LogP contribution is 2.35. The van der Waals surface area contributed by atoms with E-state index in [9.17, 15) is 27.9 Å². The highest BCUT2D eigenvalue weighted by atomic mass is 19.4. The van der Waals surface area contributed by atoms with E-state index in [4.69, 9.17) is 14.3 Å². The van der Waals surface area contributed by atoms with Crippen molar-refractivity contribution in [1.29, 1.82) is 0 Å². The number of rotatable bonds is 14. The van der Waals surface area contributed by atoms with Gasteiger partial charge >= 0.3 is 18.1 Å². The number of aromatic carboxylic acids is 1. The molecule has 6 rings (SSSR count). The largest absolute Gasteiger partial charge is 0.489 e. The maximum atomic E-state index is 13.1. The fourth-order valence-corrected chi connectivity index (χ4v) is 6.39. The summed E-state index contributed by atoms with van der Waals surface area (Å²) >= 11 is 0. The summed E-state index contributed by atoms with van der Waals surface area (Å²) in [7, 11) is 0. The molecule has 5 aromatic rings. The lowest BCUT2D eigenvalue weighted by atomic mass is 9.89. The molecule has 0 fully saturated rings. The van der Waals surface area contributed by atoms with Gasteiger partial charge in [0.25, 0.3) is 0 Å². The molecule has 0 spiro atoms. The van der Waals surface area contributed by atoms with Crippen molar-refractivity contribution in [3.8, 4) is 17.2 Å². The first-order valence-electron chi connectivity index (χ1n) is 16.5. The lowest BCUT2D eigenvalue weighted by Gasteiger charge is -2.36. The van der Waals surface area contributed by atoms with Gasteiger partial charge in [-0.05, 0) is 104 Å². The van der Waals surface area contributed by atoms with Crippen LogP contribution in [0.4, 0.5) is 13.2 Å². The Morgan fingerprint density at radius 1 is 0.940 bits per heavy atom. The number of aryl methyl sites for hydroxylation is 1. The third kappa shape index (κ3) is 8.31. The van der Waals surface area contributed by atoms with Gasteiger partial charge in [0.1, 0.15) is 23.6 Å². The molecule has 3 aromatic carbocycles. The molecule has 0 saturated carbocycles. The molecule has 0 saturated heterocycles. The lowest BCUT2D eigenvalue weighted by Crippen LogP contribution is -2.34. The normalized spacial score (nSPS) is 14.5. The number of carboxylic acid groups (broad SMARTS) is 2. The van der Waals surface area contributed by atoms with Crippen molar-refractivity contribution >= 4 is 23.0 Å². The van der Waals surface area contributed by atoms with Gasteiger partial charge in [-0.1, -0.05) is 36.4 Å². The second kappa shape index (κ2) is 15.1. The number of hydrogen-bond acceptors (Lipinski definition) is 7. The number of halogens is 3. The number of nitrogens with zero attached hydrogens (tertiary/aromatic N) is 3. The van der Waals surface area contributed by atoms with E-state index in [2.05, 4.69) is 14.9 Å². The summed E-state index contributed by atoms with van der Waals surface area (Å²) in [6.07, 6.45) is 0.0778. The number of alkyl halides is 3. The van der Waals surface area contributed by atoms with E-state index < -0.39 is 23.7 Å². The molecule has 0 aliphatic heterocycles. The number of para-hydroxylation sites is 1. The average Bonchev–Trinajstić information content (AvgIpc) is 3.54. The average molecular weight is 688 g/mol. The van der Waals surface area contributed by atoms with Crippen LogP contribution in [0.25, 0.3) is 22.6 Å². The molecule has 9 nitrogen and oxygen atoms in total. The Morgan fingerprint density at radius 2 is 1.74 bits per heavy atom. The summed E-state index contributed by atoms with van der Waals surface area (Å²) in [5.41, 5.74) is 4.00. The molecule has 0 radical (unpaired) electrons. The van der Waals surface area contributed by atoms with Crippen molar-refractivity contribution in [1.82, 2.24) is 14.9 Å². The second-order valence-electron chi connectivity index (χ2n) is 12.4. The number of oxazole rings is 1. The summed E-state index contributed by atoms with van der Waals surface area (Å²) in [4.78, 5) is 33.7. The Labute approximate surface area is 286 Å². The van der Waals surface area contributed by atoms with Crippen LogP contribution >= 0.6 is 0 Å². The summed E-state index contributed by atoms with van der Waals surface area (Å²) in [6, 6.07) is 21.8. The third-order valence-electron chi connectivity index (χ3n) is 8.96. The fraction of sp³-hybridized carbons (Fsp3) is 0.316. The number of fused-ring (bicyclic) bond motifs is 2. The van der Waals surface area contributed by atoms with Gasteiger partial charge in [-0.2, -0.15) is 13.2 Å². The number of carbonyl (C=O) groups is 2. The maximum absolute atomic E-state index is 13.1. The van der Waals surface area contributed by atoms with Crippen molar-refractivity contribution in [3.05, 3.63) is 113 Å². The van der Waals surface area contributed by atoms with Gasteiger partial charge in [-0.15, -0.1) is 0 Å². The smallest absolute Gasteiger partial charge is 0.416 e. The Balaban J connectivity index is 1.13. The third-order valence-corrected chi connectivity index (χ3v) is 8.96. The second-order valence-corrected chi connectivity index (χ2v) is 12.4. The molecule has 260 valence electrons. The van der Waals surface area contributed by atoms with Crippen LogP contribution in [0.5, 0.6) is 5.75 Å². The minimum absolute atomic E-state index is 0.0345. The fourth-order valence-electron chi connectivity index (χ4n) is 6.39. The first-order chi connectivity index (χ1) is 24.0. The van der Waals surface area contributed by atoms with E-state index in [1.807, 2.05) is 42.5 Å². The SMILES string of the molecule is O=C(O)CCCCN(CCc1ccccc1OCc1ccc(-c2nc3cc(C(F)(F)F)ccc3o2)cc1)C1CCCc2nc(C(=O)O)ccc21. The Kier molecular flexibility index (Phi) is 10.5. The Hall–Kier alpha value is -5.23. The molecule has 0 amide bonds. The zero-order valence-electron chi connectivity index (χ0n) is 27.2. The van der Waals surface area contributed by atoms with Crippen LogP contribution in [0.3, 0.4) is 0 Å². The molecule has 1 aliphatic rings. The molecule has 2 aromatic heterocycles. The Bertz CT molecular complexity index is 1980. The number of aliphatic carboxylic acids is 1. The van der Waals surface area contributed by atoms with Crippen molar-refractivity contribution in [2.45, 2.75) is 63.8 Å². The molecular weight excluding hydrogens is 651 g/mol. The molecule has 0 bridgehead atoms. The summed E-state index contributed by atoms with van der Waals surface area (Å²) in [5, 5.41) is 18.6. The number of carboxylic acids is 2. The van der Waals surface area contributed by atoms with Crippen LogP contribution in [0.15, 0.2) is 83.3 Å². The number of hydrogen-bond donors (Lipinski definition) is 2. The summed E-state index contributed by atoms with van der Waals surface area (Å²) in [5.74, 6) is -0.913. The van der Waals surface area contributed by atoms with Crippen LogP contribution < -0.4 is 4.74 Å². The van der Waals surface area contributed by atoms with Gasteiger partial charge in [0.2, 0.25) is 5.89 Å². The molecule has 2 N–H and O–H groups in total. The predicted octanol–water partition coefficient (Wildman–Crippen LogP) is 8.36. The molecule has 2 heterocycles. The van der Waals surface area contributed by atoms with Crippen molar-refractivity contribution < 1.29 is 42.1 Å². The van der Waals surface area contributed by atoms with E-state index in [-0.39, 0.29) is 41.8 Å². The van der Waals surface area contributed by atoms with Gasteiger partial charge in [0.15, 0.2) is 5.58 Å². The molecule has 50 heavy (non-hydrogen) atoms. The molecule has 1 unspecified atom stereocenters. The van der Waals surface area contributed by atoms with Gasteiger partial charge < -0.3 is 19.4 Å². The lowest BCUT2D eigenvalue weighted by molar-refractivity contribution is -0.138. The highest BCUT2D eigenvalue weighted by molar-refractivity contribution is 5.85. The first-order valence-corrected chi connectivity index (χ1v) is 16.5. The van der Waals surface area contributed by atoms with Gasteiger partial charge in [0, 0.05) is 30.3 Å². The van der Waals surface area contributed by atoms with E-state index in [1.54, 1.807) is 18.2 Å². The van der Waals surface area contributed by atoms with E-state index in [0.717, 1.165) is 59.5 Å². The minimum atomic E-state index is -4.47. The topological polar surface area (TPSA) is 126 Å². The summed E-state index contributed by atoms with van der Waals surface area (Å²) in [6.45, 7) is 1.66. The number of unbranched alkanes of at least 4 members (excludes halogenated alkanes) is 1. The standard InChI is InChI=1S/C38H36F3N3O6/c39-38(40,41)27-15-18-34-31(22-27)43-36(50-34)26-13-11-24(12-14-26)23-49-33-9-2-1-6-25(33)19-21-44(20-4-3-10-35(45)46)32-8-5-7-29-28(32)16-17-30(42-29)37(47)48/h1-2,6,9,11-18,22,32H,3-5,7-8,10,19-21,23H2,(H,45,46)(H,47,48). The van der Waals surface area contributed by atoms with Crippen LogP contribution in [0, 0.1) is 0 Å². The summed E-state index contributed by atoms with van der Waals surface area (Å²) < 4.78 is 51.3. The number of ether oxygens (including phenoxy) is 1. The van der Waals surface area contributed by atoms with Crippen LogP contribution in [-0.4, -0.2) is 50.1 Å². The number of aromatic nitrogens is 2. The molecule has 1 aliphatic carbocycles. The van der Waals surface area contributed by atoms with Crippen LogP contribution in [0.1, 0.15) is 76.6 Å². The zero-order valence-corrected chi connectivity index (χ0v) is 27.2. The predicted molar refractivity (Wildman–Crippen MR) is 179 cm³/mol. The first kappa shape index (κ1) is 34.6. The number of pyridine rings is 1. The van der Waals surface area contributed by atoms with Crippen molar-refractivity contribution in [2.24, 2.45) is 0 Å². The van der Waals surface area contributed by atoms with Crippen molar-refractivity contribution in [3.63, 3.8) is 0 Å². The van der Waals surface area contributed by atoms with Crippen molar-refractivity contribution in [2.75, 3.05) is 13.1 Å². The minimum Gasteiger partial charge on any atom is -0.489 e. The van der Waals surface area contributed by atoms with Gasteiger partial charge in [-0.25, -0.2) is 14.8 Å². The van der Waals surface area contributed by atoms with E-state index in [0.29, 0.717) is 37.9 Å². The Morgan fingerprint density at radius 3 is 2.50 bits per heavy atom. The maximum Gasteiger partial charge on any atom is 0.416 e. The zero-order chi connectivity index (χ0) is 35.3. The highest BCUT2D eigenvalue weighted by Gasteiger charge is 2.31. The quantitative estimate of drug-likeness (QED) is 0.111. The molecular formula is C38H36F3N3O6. The molecule has 12 heteroatoms. The van der Waals surface area contributed by atoms with Gasteiger partial charge in [0.05, 0.1) is 5.56 Å². The monoisotopic (exact) mass is 687 g/mol. The molecule has 1 atom stereocenters. The van der Waals surface area contributed by atoms with Gasteiger partial charge in [-0.3, -0.25) is 9.69 Å². The van der Waals surface area contributed by atoms with Crippen LogP contribution in [-0.2, 0) is 30.4 Å². The van der Waals surface area contributed by atoms with E-state index in [1.165, 1.54) is 6.07 Å². The van der Waals surface area contributed by atoms with Crippen LogP contribution in [0.2, 0.25) is 0 Å². The number of benzene rings is 3.